The van der Waals surface area contributed by atoms with Gasteiger partial charge in [0.2, 0.25) is 0 Å². The third-order valence-electron chi connectivity index (χ3n) is 2.30. The van der Waals surface area contributed by atoms with E-state index in [1.54, 1.807) is 4.57 Å². The minimum absolute atomic E-state index is 0.186. The summed E-state index contributed by atoms with van der Waals surface area (Å²) in [6.45, 7) is 10.2. The Kier molecular flexibility index (Phi) is 3.85. The lowest BCUT2D eigenvalue weighted by Crippen LogP contribution is -2.26. The first-order valence-electron chi connectivity index (χ1n) is 4.81. The fourth-order valence-corrected chi connectivity index (χ4v) is 1.65. The average Bonchev–Trinajstić information content (AvgIpc) is 2.14. The zero-order valence-corrected chi connectivity index (χ0v) is 10.9. The van der Waals surface area contributed by atoms with Gasteiger partial charge in [0.1, 0.15) is 0 Å². The molecule has 0 saturated heterocycles. The van der Waals surface area contributed by atoms with Crippen LogP contribution in [-0.2, 0) is 6.54 Å². The van der Waals surface area contributed by atoms with Crippen molar-refractivity contribution in [2.24, 2.45) is 0 Å². The van der Waals surface area contributed by atoms with E-state index in [-0.39, 0.29) is 5.69 Å². The molecule has 1 aromatic rings. The van der Waals surface area contributed by atoms with Crippen LogP contribution in [0.2, 0.25) is 0 Å². The van der Waals surface area contributed by atoms with Gasteiger partial charge in [0.05, 0.1) is 10.2 Å². The number of rotatable bonds is 3. The van der Waals surface area contributed by atoms with Crippen molar-refractivity contribution in [3.05, 3.63) is 38.5 Å². The van der Waals surface area contributed by atoms with E-state index in [2.05, 4.69) is 27.5 Å². The largest absolute Gasteiger partial charge is 0.348 e. The van der Waals surface area contributed by atoms with E-state index >= 15 is 0 Å². The Bertz CT molecular complexity index is 449. The van der Waals surface area contributed by atoms with Crippen molar-refractivity contribution >= 4 is 15.9 Å². The Labute approximate surface area is 98.0 Å². The molecule has 0 saturated carbocycles. The monoisotopic (exact) mass is 270 g/mol. The second-order valence-corrected chi connectivity index (χ2v) is 4.53. The molecular formula is C11H15BrN2O. The van der Waals surface area contributed by atoms with E-state index < -0.39 is 0 Å². The number of aryl methyl sites for hydroxylation is 1. The molecule has 0 spiro atoms. The number of allylic oxidation sites excluding steroid dienone is 1. The van der Waals surface area contributed by atoms with Crippen LogP contribution in [-0.4, -0.2) is 9.55 Å². The molecule has 15 heavy (non-hydrogen) atoms. The molecule has 0 aromatic carbocycles. The summed E-state index contributed by atoms with van der Waals surface area (Å²) in [6, 6.07) is 0. The van der Waals surface area contributed by atoms with Crippen LogP contribution >= 0.6 is 15.9 Å². The quantitative estimate of drug-likeness (QED) is 0.792. The van der Waals surface area contributed by atoms with Gasteiger partial charge in [0.25, 0.3) is 0 Å². The molecule has 0 bridgehead atoms. The van der Waals surface area contributed by atoms with Crippen LogP contribution in [0.3, 0.4) is 0 Å². The summed E-state index contributed by atoms with van der Waals surface area (Å²) in [4.78, 5) is 15.6. The minimum Gasteiger partial charge on any atom is -0.295 e. The maximum Gasteiger partial charge on any atom is 0.348 e. The molecule has 0 radical (unpaired) electrons. The fraction of sp³-hybridized carbons (Fsp3) is 0.455. The summed E-state index contributed by atoms with van der Waals surface area (Å²) >= 11 is 3.43. The molecule has 0 unspecified atom stereocenters. The summed E-state index contributed by atoms with van der Waals surface area (Å²) in [6.07, 6.45) is 0.803. The maximum atomic E-state index is 11.6. The Morgan fingerprint density at radius 3 is 2.67 bits per heavy atom. The van der Waals surface area contributed by atoms with Gasteiger partial charge in [-0.05, 0) is 43.1 Å². The molecule has 0 aliphatic heterocycles. The van der Waals surface area contributed by atoms with Gasteiger partial charge in [-0.25, -0.2) is 4.79 Å². The van der Waals surface area contributed by atoms with Crippen molar-refractivity contribution < 1.29 is 0 Å². The normalized spacial score (nSPS) is 10.4. The predicted octanol–water partition coefficient (Wildman–Crippen LogP) is 2.59. The van der Waals surface area contributed by atoms with Crippen molar-refractivity contribution in [3.63, 3.8) is 0 Å². The van der Waals surface area contributed by atoms with Gasteiger partial charge in [-0.1, -0.05) is 5.57 Å². The van der Waals surface area contributed by atoms with E-state index in [9.17, 15) is 4.79 Å². The highest BCUT2D eigenvalue weighted by Gasteiger charge is 2.08. The third-order valence-corrected chi connectivity index (χ3v) is 3.44. The predicted molar refractivity (Wildman–Crippen MR) is 65.1 cm³/mol. The van der Waals surface area contributed by atoms with Crippen LogP contribution in [0.15, 0.2) is 21.4 Å². The lowest BCUT2D eigenvalue weighted by atomic mass is 10.2. The van der Waals surface area contributed by atoms with Gasteiger partial charge in [-0.3, -0.25) is 4.57 Å². The summed E-state index contributed by atoms with van der Waals surface area (Å²) in [5.74, 6) is 0. The van der Waals surface area contributed by atoms with Crippen LogP contribution in [0, 0.1) is 13.8 Å². The van der Waals surface area contributed by atoms with Crippen LogP contribution in [0.1, 0.15) is 24.7 Å². The van der Waals surface area contributed by atoms with Gasteiger partial charge >= 0.3 is 5.69 Å². The molecule has 82 valence electrons. The topological polar surface area (TPSA) is 34.9 Å². The zero-order chi connectivity index (χ0) is 11.6. The first kappa shape index (κ1) is 12.2. The highest BCUT2D eigenvalue weighted by Crippen LogP contribution is 2.17. The number of hydrogen-bond donors (Lipinski definition) is 0. The summed E-state index contributed by atoms with van der Waals surface area (Å²) in [5, 5.41) is 0. The molecule has 0 N–H and O–H groups in total. The van der Waals surface area contributed by atoms with Gasteiger partial charge in [0.15, 0.2) is 0 Å². The molecule has 3 nitrogen and oxygen atoms in total. The van der Waals surface area contributed by atoms with Crippen molar-refractivity contribution in [3.8, 4) is 0 Å². The first-order chi connectivity index (χ1) is 6.93. The molecular weight excluding hydrogens is 256 g/mol. The Balaban J connectivity index is 3.13. The third kappa shape index (κ3) is 2.78. The van der Waals surface area contributed by atoms with Crippen LogP contribution in [0.5, 0.6) is 0 Å². The Morgan fingerprint density at radius 2 is 2.13 bits per heavy atom. The van der Waals surface area contributed by atoms with Crippen molar-refractivity contribution in [2.75, 3.05) is 0 Å². The van der Waals surface area contributed by atoms with Gasteiger partial charge in [-0.2, -0.15) is 4.98 Å². The second-order valence-electron chi connectivity index (χ2n) is 3.74. The number of aromatic nitrogens is 2. The average molecular weight is 271 g/mol. The highest BCUT2D eigenvalue weighted by atomic mass is 79.9. The Morgan fingerprint density at radius 1 is 1.53 bits per heavy atom. The van der Waals surface area contributed by atoms with Gasteiger partial charge in [-0.15, -0.1) is 6.58 Å². The fourth-order valence-electron chi connectivity index (χ4n) is 1.34. The van der Waals surface area contributed by atoms with Crippen molar-refractivity contribution in [2.45, 2.75) is 33.7 Å². The standard InChI is InChI=1S/C11H15BrN2O/c1-7(2)5-6-14-9(4)10(12)8(3)13-11(14)15/h1,5-6H2,2-4H3. The Hall–Kier alpha value is -0.900. The number of hydrogen-bond acceptors (Lipinski definition) is 2. The summed E-state index contributed by atoms with van der Waals surface area (Å²) < 4.78 is 2.58. The van der Waals surface area contributed by atoms with E-state index in [4.69, 9.17) is 0 Å². The van der Waals surface area contributed by atoms with Crippen LogP contribution in [0.4, 0.5) is 0 Å². The van der Waals surface area contributed by atoms with E-state index in [1.165, 1.54) is 0 Å². The van der Waals surface area contributed by atoms with Gasteiger partial charge < -0.3 is 0 Å². The molecule has 0 atom stereocenters. The van der Waals surface area contributed by atoms with Crippen LogP contribution in [0.25, 0.3) is 0 Å². The molecule has 0 aliphatic carbocycles. The molecule has 0 amide bonds. The zero-order valence-electron chi connectivity index (χ0n) is 9.30. The SMILES string of the molecule is C=C(C)CCn1c(C)c(Br)c(C)nc1=O. The van der Waals surface area contributed by atoms with E-state index in [0.717, 1.165) is 27.9 Å². The van der Waals surface area contributed by atoms with Crippen molar-refractivity contribution in [1.82, 2.24) is 9.55 Å². The lowest BCUT2D eigenvalue weighted by Gasteiger charge is -2.11. The van der Waals surface area contributed by atoms with E-state index in [1.807, 2.05) is 20.8 Å². The van der Waals surface area contributed by atoms with Crippen molar-refractivity contribution in [1.29, 1.82) is 0 Å². The van der Waals surface area contributed by atoms with E-state index in [0.29, 0.717) is 6.54 Å². The number of halogens is 1. The molecule has 0 aliphatic rings. The molecule has 4 heteroatoms. The molecule has 1 heterocycles. The molecule has 1 rings (SSSR count). The smallest absolute Gasteiger partial charge is 0.295 e. The summed E-state index contributed by atoms with van der Waals surface area (Å²) in [7, 11) is 0. The molecule has 0 fully saturated rings. The first-order valence-corrected chi connectivity index (χ1v) is 5.60. The highest BCUT2D eigenvalue weighted by molar-refractivity contribution is 9.10. The van der Waals surface area contributed by atoms with Gasteiger partial charge in [0, 0.05) is 12.2 Å². The number of nitrogens with zero attached hydrogens (tertiary/aromatic N) is 2. The summed E-state index contributed by atoms with van der Waals surface area (Å²) in [5.41, 5.74) is 2.55. The minimum atomic E-state index is -0.186. The maximum absolute atomic E-state index is 11.6. The molecule has 1 aromatic heterocycles. The lowest BCUT2D eigenvalue weighted by molar-refractivity contribution is 0.620. The van der Waals surface area contributed by atoms with Crippen LogP contribution < -0.4 is 5.69 Å². The second kappa shape index (κ2) is 4.75.